The summed E-state index contributed by atoms with van der Waals surface area (Å²) in [5.41, 5.74) is 0. The van der Waals surface area contributed by atoms with Crippen molar-refractivity contribution in [1.82, 2.24) is 0 Å². The number of hydrogen-bond donors (Lipinski definition) is 0. The Bertz CT molecular complexity index is 561. The maximum absolute atomic E-state index is 13.1. The van der Waals surface area contributed by atoms with E-state index in [1.165, 1.54) is 0 Å². The molecule has 0 heterocycles. The van der Waals surface area contributed by atoms with Crippen molar-refractivity contribution in [3.8, 4) is 0 Å². The van der Waals surface area contributed by atoms with E-state index in [9.17, 15) is 79.0 Å². The van der Waals surface area contributed by atoms with Crippen molar-refractivity contribution >= 4 is 0 Å². The molecule has 0 aromatic heterocycles. The molecule has 19 heteroatoms. The van der Waals surface area contributed by atoms with Gasteiger partial charge in [0.05, 0.1) is 0 Å². The molecule has 0 aromatic carbocycles. The highest BCUT2D eigenvalue weighted by molar-refractivity contribution is 5.09. The van der Waals surface area contributed by atoms with E-state index >= 15 is 0 Å². The predicted octanol–water partition coefficient (Wildman–Crippen LogP) is 5.94. The van der Waals surface area contributed by atoms with Gasteiger partial charge in [0.25, 0.3) is 6.17 Å². The van der Waals surface area contributed by atoms with Crippen LogP contribution in [0.1, 0.15) is 0 Å². The van der Waals surface area contributed by atoms with Gasteiger partial charge < -0.3 is 4.74 Å². The quantitative estimate of drug-likeness (QED) is 0.370. The molecule has 0 aliphatic carbocycles. The average Bonchev–Trinajstić information content (AvgIpc) is 2.50. The van der Waals surface area contributed by atoms with E-state index in [0.29, 0.717) is 0 Å². The molecular weight excluding hydrogens is 478 g/mol. The van der Waals surface area contributed by atoms with Gasteiger partial charge in [0.15, 0.2) is 0 Å². The maximum atomic E-state index is 13.1. The number of halogens is 18. The van der Waals surface area contributed by atoms with Crippen molar-refractivity contribution in [3.05, 3.63) is 0 Å². The van der Waals surface area contributed by atoms with E-state index < -0.39 is 61.1 Å². The monoisotopic (exact) mass is 482 g/mol. The van der Waals surface area contributed by atoms with Gasteiger partial charge in [0.1, 0.15) is 6.61 Å². The van der Waals surface area contributed by atoms with E-state index in [1.807, 2.05) is 0 Å². The third-order valence-electron chi connectivity index (χ3n) is 2.97. The molecule has 1 atom stereocenters. The fourth-order valence-corrected chi connectivity index (χ4v) is 1.31. The van der Waals surface area contributed by atoms with Crippen molar-refractivity contribution in [3.63, 3.8) is 0 Å². The van der Waals surface area contributed by atoms with Crippen LogP contribution in [0.2, 0.25) is 0 Å². The van der Waals surface area contributed by atoms with Gasteiger partial charge in [-0.25, -0.2) is 13.2 Å². The van der Waals surface area contributed by atoms with Crippen molar-refractivity contribution in [2.24, 2.45) is 0 Å². The van der Waals surface area contributed by atoms with E-state index in [-0.39, 0.29) is 0 Å². The van der Waals surface area contributed by atoms with Crippen molar-refractivity contribution in [2.75, 3.05) is 6.61 Å². The summed E-state index contributed by atoms with van der Waals surface area (Å²) < 4.78 is 227. The lowest BCUT2D eigenvalue weighted by atomic mass is 9.94. The summed E-state index contributed by atoms with van der Waals surface area (Å²) in [7, 11) is 0. The molecule has 176 valence electrons. The Morgan fingerprint density at radius 3 is 1.24 bits per heavy atom. The van der Waals surface area contributed by atoms with E-state index in [1.54, 1.807) is 0 Å². The number of hydrogen-bond acceptors (Lipinski definition) is 1. The Hall–Kier alpha value is -1.30. The van der Waals surface area contributed by atoms with Crippen LogP contribution < -0.4 is 0 Å². The zero-order chi connectivity index (χ0) is 24.1. The second kappa shape index (κ2) is 7.44. The first-order valence-corrected chi connectivity index (χ1v) is 6.20. The van der Waals surface area contributed by atoms with Gasteiger partial charge in [-0.3, -0.25) is 0 Å². The van der Waals surface area contributed by atoms with Crippen LogP contribution in [0.15, 0.2) is 0 Å². The summed E-state index contributed by atoms with van der Waals surface area (Å²) >= 11 is 0. The Balaban J connectivity index is 5.92. The third-order valence-corrected chi connectivity index (χ3v) is 2.97. The lowest BCUT2D eigenvalue weighted by Gasteiger charge is -2.39. The molecular formula is C10H4F18O. The van der Waals surface area contributed by atoms with Crippen LogP contribution >= 0.6 is 0 Å². The van der Waals surface area contributed by atoms with Crippen LogP contribution in [0.3, 0.4) is 0 Å². The van der Waals surface area contributed by atoms with E-state index in [2.05, 4.69) is 4.74 Å². The molecule has 0 spiro atoms. The van der Waals surface area contributed by atoms with Gasteiger partial charge in [-0.15, -0.1) is 0 Å². The second-order valence-electron chi connectivity index (χ2n) is 5.11. The van der Waals surface area contributed by atoms with Crippen LogP contribution in [0, 0.1) is 0 Å². The van der Waals surface area contributed by atoms with Gasteiger partial charge in [0, 0.05) is 0 Å². The largest absolute Gasteiger partial charge is 0.428 e. The molecule has 0 saturated heterocycles. The van der Waals surface area contributed by atoms with E-state index in [0.717, 1.165) is 0 Å². The molecule has 0 amide bonds. The molecule has 0 saturated carbocycles. The zero-order valence-corrected chi connectivity index (χ0v) is 12.6. The summed E-state index contributed by atoms with van der Waals surface area (Å²) in [5, 5.41) is 0. The zero-order valence-electron chi connectivity index (χ0n) is 12.6. The smallest absolute Gasteiger partial charge is 0.311 e. The summed E-state index contributed by atoms with van der Waals surface area (Å²) in [6, 6.07) is 0. The van der Waals surface area contributed by atoms with Crippen molar-refractivity contribution < 1.29 is 83.8 Å². The molecule has 1 nitrogen and oxygen atoms in total. The minimum absolute atomic E-state index is 2.14. The first-order chi connectivity index (χ1) is 12.3. The number of ether oxygens (including phenoxy) is 1. The highest BCUT2D eigenvalue weighted by Crippen LogP contribution is 2.58. The highest BCUT2D eigenvalue weighted by atomic mass is 19.4. The highest BCUT2D eigenvalue weighted by Gasteiger charge is 2.88. The van der Waals surface area contributed by atoms with Gasteiger partial charge in [-0.2, -0.15) is 65.9 Å². The fourth-order valence-electron chi connectivity index (χ4n) is 1.31. The Morgan fingerprint density at radius 2 is 0.931 bits per heavy atom. The second-order valence-corrected chi connectivity index (χ2v) is 5.11. The van der Waals surface area contributed by atoms with Crippen molar-refractivity contribution in [2.45, 2.75) is 54.5 Å². The van der Waals surface area contributed by atoms with Crippen LogP contribution in [-0.4, -0.2) is 61.1 Å². The number of rotatable bonds is 9. The van der Waals surface area contributed by atoms with Gasteiger partial charge in [-0.05, 0) is 0 Å². The molecule has 0 rings (SSSR count). The summed E-state index contributed by atoms with van der Waals surface area (Å²) in [4.78, 5) is 0. The third kappa shape index (κ3) is 4.57. The van der Waals surface area contributed by atoms with Gasteiger partial charge in [0.2, 0.25) is 0 Å². The minimum Gasteiger partial charge on any atom is -0.311 e. The molecule has 29 heavy (non-hydrogen) atoms. The lowest BCUT2D eigenvalue weighted by Crippen LogP contribution is -2.69. The fraction of sp³-hybridized carbons (Fsp3) is 1.00. The molecule has 0 N–H and O–H groups in total. The van der Waals surface area contributed by atoms with Crippen LogP contribution in [0.4, 0.5) is 79.0 Å². The summed E-state index contributed by atoms with van der Waals surface area (Å²) in [6.45, 7) is -4.05. The molecule has 0 fully saturated rings. The van der Waals surface area contributed by atoms with E-state index in [4.69, 9.17) is 0 Å². The first-order valence-electron chi connectivity index (χ1n) is 6.20. The average molecular weight is 482 g/mol. The van der Waals surface area contributed by atoms with Gasteiger partial charge in [-0.1, -0.05) is 0 Å². The normalized spacial score (nSPS) is 17.1. The molecule has 0 bridgehead atoms. The Morgan fingerprint density at radius 1 is 0.552 bits per heavy atom. The Kier molecular flexibility index (Phi) is 7.10. The number of alkyl halides is 18. The predicted molar refractivity (Wildman–Crippen MR) is 52.6 cm³/mol. The molecule has 0 aliphatic heterocycles. The van der Waals surface area contributed by atoms with Gasteiger partial charge >= 0.3 is 48.3 Å². The maximum Gasteiger partial charge on any atom is 0.428 e. The summed E-state index contributed by atoms with van der Waals surface area (Å²) in [6.07, 6.45) is -24.3. The molecule has 0 unspecified atom stereocenters. The van der Waals surface area contributed by atoms with Crippen LogP contribution in [0.25, 0.3) is 0 Å². The topological polar surface area (TPSA) is 9.23 Å². The summed E-state index contributed by atoms with van der Waals surface area (Å²) in [5.74, 6) is -38.4. The molecule has 0 radical (unpaired) electrons. The standard InChI is InChI=1S/C10H4F18O/c11-2(6(18,19)20)7(21,22)29-1-4(14,15)8(23,24)10(27,28)9(25,26)5(16,17)3(12)13/h2-3H,1H2/t2-/m1/s1. The molecule has 0 aliphatic rings. The van der Waals surface area contributed by atoms with Crippen molar-refractivity contribution in [1.29, 1.82) is 0 Å². The minimum atomic E-state index is -8.10. The van der Waals surface area contributed by atoms with Crippen LogP contribution in [-0.2, 0) is 4.74 Å². The Labute approximate surface area is 146 Å². The molecule has 0 aromatic rings. The lowest BCUT2D eigenvalue weighted by molar-refractivity contribution is -0.423. The van der Waals surface area contributed by atoms with Crippen LogP contribution in [0.5, 0.6) is 0 Å². The first kappa shape index (κ1) is 27.7. The SMILES string of the molecule is FC(F)C(F)(F)C(F)(F)C(F)(F)C(F)(F)C(F)(F)COC(F)(F)[C@H](F)C(F)(F)F.